The van der Waals surface area contributed by atoms with Crippen LogP contribution in [-0.4, -0.2) is 36.2 Å². The molecule has 0 spiro atoms. The van der Waals surface area contributed by atoms with Gasteiger partial charge in [0.15, 0.2) is 11.5 Å². The summed E-state index contributed by atoms with van der Waals surface area (Å²) in [4.78, 5) is 19.8. The number of aromatic nitrogens is 2. The molecule has 0 aliphatic carbocycles. The Morgan fingerprint density at radius 3 is 2.61 bits per heavy atom. The van der Waals surface area contributed by atoms with Gasteiger partial charge in [0, 0.05) is 24.3 Å². The second-order valence-corrected chi connectivity index (χ2v) is 8.19. The van der Waals surface area contributed by atoms with E-state index in [2.05, 4.69) is 20.9 Å². The van der Waals surface area contributed by atoms with Crippen LogP contribution >= 0.6 is 11.6 Å². The highest BCUT2D eigenvalue weighted by Crippen LogP contribution is 2.32. The Kier molecular flexibility index (Phi) is 5.56. The Balaban J connectivity index is 1.33. The number of hydrogen-bond donors (Lipinski definition) is 1. The zero-order chi connectivity index (χ0) is 22.9. The average Bonchev–Trinajstić information content (AvgIpc) is 3.22. The van der Waals surface area contributed by atoms with Crippen LogP contribution in [0.25, 0.3) is 11.0 Å². The number of halogens is 1. The molecule has 0 unspecified atom stereocenters. The number of para-hydroxylation sites is 2. The van der Waals surface area contributed by atoms with Crippen LogP contribution < -0.4 is 19.7 Å². The first-order valence-electron chi connectivity index (χ1n) is 10.6. The molecule has 0 atom stereocenters. The van der Waals surface area contributed by atoms with Crippen LogP contribution in [0.3, 0.4) is 0 Å². The molecule has 0 radical (unpaired) electrons. The SMILES string of the molecule is COc1ccc(C(=O)Nc2ccc(N3CCn4c(nc5ccccc54)C3)cc2Cl)cc1OC. The van der Waals surface area contributed by atoms with Crippen molar-refractivity contribution in [2.75, 3.05) is 31.0 Å². The number of imidazole rings is 1. The monoisotopic (exact) mass is 462 g/mol. The van der Waals surface area contributed by atoms with E-state index in [1.807, 2.05) is 36.4 Å². The molecule has 0 bridgehead atoms. The fraction of sp³-hybridized carbons (Fsp3) is 0.200. The van der Waals surface area contributed by atoms with Crippen LogP contribution in [0.2, 0.25) is 5.02 Å². The van der Waals surface area contributed by atoms with E-state index in [1.165, 1.54) is 12.6 Å². The predicted molar refractivity (Wildman–Crippen MR) is 130 cm³/mol. The number of ether oxygens (including phenoxy) is 2. The van der Waals surface area contributed by atoms with E-state index in [0.717, 1.165) is 30.1 Å². The topological polar surface area (TPSA) is 68.6 Å². The molecule has 1 aliphatic heterocycles. The standard InChI is InChI=1S/C25H23ClN4O3/c1-32-22-10-7-16(13-23(22)33-2)25(31)28-19-9-8-17(14-18(19)26)29-11-12-30-21-6-4-3-5-20(21)27-24(30)15-29/h3-10,13-14H,11-12,15H2,1-2H3,(H,28,31). The van der Waals surface area contributed by atoms with E-state index >= 15 is 0 Å². The molecule has 0 saturated carbocycles. The molecule has 1 aliphatic rings. The van der Waals surface area contributed by atoms with Gasteiger partial charge in [0.25, 0.3) is 5.91 Å². The zero-order valence-corrected chi connectivity index (χ0v) is 19.1. The fourth-order valence-electron chi connectivity index (χ4n) is 4.16. The largest absolute Gasteiger partial charge is 0.493 e. The Morgan fingerprint density at radius 1 is 1.00 bits per heavy atom. The van der Waals surface area contributed by atoms with Crippen molar-refractivity contribution in [1.29, 1.82) is 0 Å². The van der Waals surface area contributed by atoms with Gasteiger partial charge in [0.2, 0.25) is 0 Å². The highest BCUT2D eigenvalue weighted by molar-refractivity contribution is 6.34. The molecule has 7 nitrogen and oxygen atoms in total. The number of nitrogens with zero attached hydrogens (tertiary/aromatic N) is 3. The summed E-state index contributed by atoms with van der Waals surface area (Å²) in [6.07, 6.45) is 0. The molecule has 1 N–H and O–H groups in total. The first-order valence-corrected chi connectivity index (χ1v) is 11.0. The summed E-state index contributed by atoms with van der Waals surface area (Å²) in [5.74, 6) is 1.80. The summed E-state index contributed by atoms with van der Waals surface area (Å²) >= 11 is 6.54. The maximum Gasteiger partial charge on any atom is 0.255 e. The van der Waals surface area contributed by atoms with Crippen molar-refractivity contribution in [3.63, 3.8) is 0 Å². The van der Waals surface area contributed by atoms with E-state index in [1.54, 1.807) is 25.3 Å². The third kappa shape index (κ3) is 3.96. The first-order chi connectivity index (χ1) is 16.1. The van der Waals surface area contributed by atoms with Gasteiger partial charge in [-0.2, -0.15) is 0 Å². The van der Waals surface area contributed by atoms with Gasteiger partial charge in [-0.25, -0.2) is 4.98 Å². The Labute approximate surface area is 196 Å². The minimum absolute atomic E-state index is 0.280. The Hall–Kier alpha value is -3.71. The third-order valence-electron chi connectivity index (χ3n) is 5.87. The molecule has 33 heavy (non-hydrogen) atoms. The van der Waals surface area contributed by atoms with E-state index in [0.29, 0.717) is 34.3 Å². The number of carbonyl (C=O) groups excluding carboxylic acids is 1. The van der Waals surface area contributed by atoms with Crippen LogP contribution in [0, 0.1) is 0 Å². The van der Waals surface area contributed by atoms with Crippen molar-refractivity contribution in [2.24, 2.45) is 0 Å². The van der Waals surface area contributed by atoms with Gasteiger partial charge < -0.3 is 24.3 Å². The Morgan fingerprint density at radius 2 is 1.82 bits per heavy atom. The quantitative estimate of drug-likeness (QED) is 0.453. The van der Waals surface area contributed by atoms with Gasteiger partial charge in [0.1, 0.15) is 5.82 Å². The van der Waals surface area contributed by atoms with Gasteiger partial charge in [-0.05, 0) is 48.5 Å². The molecule has 1 amide bonds. The second-order valence-electron chi connectivity index (χ2n) is 7.78. The van der Waals surface area contributed by atoms with Crippen molar-refractivity contribution in [1.82, 2.24) is 9.55 Å². The van der Waals surface area contributed by atoms with Crippen LogP contribution in [0.15, 0.2) is 60.7 Å². The van der Waals surface area contributed by atoms with Crippen molar-refractivity contribution in [3.05, 3.63) is 77.1 Å². The molecule has 2 heterocycles. The molecule has 8 heteroatoms. The number of methoxy groups -OCH3 is 2. The molecule has 4 aromatic rings. The van der Waals surface area contributed by atoms with Crippen LogP contribution in [0.4, 0.5) is 11.4 Å². The normalized spacial score (nSPS) is 13.0. The van der Waals surface area contributed by atoms with Gasteiger partial charge in [-0.1, -0.05) is 23.7 Å². The highest BCUT2D eigenvalue weighted by atomic mass is 35.5. The summed E-state index contributed by atoms with van der Waals surface area (Å²) in [5, 5.41) is 3.35. The lowest BCUT2D eigenvalue weighted by atomic mass is 10.1. The number of carbonyl (C=O) groups is 1. The van der Waals surface area contributed by atoms with E-state index in [-0.39, 0.29) is 5.91 Å². The van der Waals surface area contributed by atoms with Crippen LogP contribution in [-0.2, 0) is 13.1 Å². The number of fused-ring (bicyclic) bond motifs is 3. The smallest absolute Gasteiger partial charge is 0.255 e. The third-order valence-corrected chi connectivity index (χ3v) is 6.18. The number of amides is 1. The van der Waals surface area contributed by atoms with Crippen LogP contribution in [0.5, 0.6) is 11.5 Å². The molecule has 0 fully saturated rings. The average molecular weight is 463 g/mol. The van der Waals surface area contributed by atoms with Crippen molar-refractivity contribution < 1.29 is 14.3 Å². The van der Waals surface area contributed by atoms with Gasteiger partial charge in [-0.15, -0.1) is 0 Å². The highest BCUT2D eigenvalue weighted by Gasteiger charge is 2.21. The molecule has 168 valence electrons. The number of rotatable bonds is 5. The van der Waals surface area contributed by atoms with E-state index < -0.39 is 0 Å². The summed E-state index contributed by atoms with van der Waals surface area (Å²) in [7, 11) is 3.09. The summed E-state index contributed by atoms with van der Waals surface area (Å²) in [5.41, 5.74) is 4.16. The van der Waals surface area contributed by atoms with E-state index in [4.69, 9.17) is 26.1 Å². The summed E-state index contributed by atoms with van der Waals surface area (Å²) in [6, 6.07) is 18.9. The van der Waals surface area contributed by atoms with Gasteiger partial charge in [0.05, 0.1) is 42.5 Å². The minimum atomic E-state index is -0.280. The molecular formula is C25H23ClN4O3. The maximum atomic E-state index is 12.8. The number of anilines is 2. The molecule has 5 rings (SSSR count). The fourth-order valence-corrected chi connectivity index (χ4v) is 4.38. The van der Waals surface area contributed by atoms with Crippen molar-refractivity contribution in [2.45, 2.75) is 13.1 Å². The van der Waals surface area contributed by atoms with Crippen molar-refractivity contribution in [3.8, 4) is 11.5 Å². The lowest BCUT2D eigenvalue weighted by Gasteiger charge is -2.30. The molecule has 1 aromatic heterocycles. The predicted octanol–water partition coefficient (Wildman–Crippen LogP) is 4.98. The lowest BCUT2D eigenvalue weighted by Crippen LogP contribution is -2.33. The molecule has 0 saturated heterocycles. The zero-order valence-electron chi connectivity index (χ0n) is 18.3. The number of nitrogens with one attached hydrogen (secondary N) is 1. The summed E-state index contributed by atoms with van der Waals surface area (Å²) < 4.78 is 12.8. The number of hydrogen-bond acceptors (Lipinski definition) is 5. The number of benzene rings is 3. The second kappa shape index (κ2) is 8.67. The lowest BCUT2D eigenvalue weighted by molar-refractivity contribution is 0.102. The molecule has 3 aromatic carbocycles. The van der Waals surface area contributed by atoms with E-state index in [9.17, 15) is 4.79 Å². The Bertz CT molecular complexity index is 1350. The van der Waals surface area contributed by atoms with Gasteiger partial charge >= 0.3 is 0 Å². The van der Waals surface area contributed by atoms with Crippen LogP contribution in [0.1, 0.15) is 16.2 Å². The maximum absolute atomic E-state index is 12.8. The van der Waals surface area contributed by atoms with Crippen molar-refractivity contribution >= 4 is 39.9 Å². The first kappa shape index (κ1) is 21.2. The molecular weight excluding hydrogens is 440 g/mol. The van der Waals surface area contributed by atoms with Gasteiger partial charge in [-0.3, -0.25) is 4.79 Å². The minimum Gasteiger partial charge on any atom is -0.493 e. The summed E-state index contributed by atoms with van der Waals surface area (Å²) in [6.45, 7) is 2.40.